The van der Waals surface area contributed by atoms with Gasteiger partial charge in [0.15, 0.2) is 0 Å². The largest absolute Gasteiger partial charge is 0.464 e. The summed E-state index contributed by atoms with van der Waals surface area (Å²) in [7, 11) is 1.26. The van der Waals surface area contributed by atoms with E-state index in [1.165, 1.54) is 19.2 Å². The van der Waals surface area contributed by atoms with E-state index in [0.29, 0.717) is 32.5 Å². The molecule has 0 bridgehead atoms. The van der Waals surface area contributed by atoms with Gasteiger partial charge in [0.2, 0.25) is 0 Å². The van der Waals surface area contributed by atoms with Crippen LogP contribution >= 0.6 is 0 Å². The number of carbonyl (C=O) groups excluding carboxylic acids is 3. The first kappa shape index (κ1) is 17.7. The highest BCUT2D eigenvalue weighted by Crippen LogP contribution is 2.12. The number of nitrogens with zero attached hydrogens (tertiary/aromatic N) is 2. The molecule has 2 rings (SSSR count). The van der Waals surface area contributed by atoms with Crippen LogP contribution in [0.5, 0.6) is 0 Å². The van der Waals surface area contributed by atoms with Gasteiger partial charge in [0, 0.05) is 19.1 Å². The maximum atomic E-state index is 12.3. The molecule has 0 atom stereocenters. The molecular weight excluding hydrogens is 314 g/mol. The van der Waals surface area contributed by atoms with Crippen LogP contribution in [0.3, 0.4) is 0 Å². The zero-order valence-corrected chi connectivity index (χ0v) is 13.8. The number of hydrogen-bond acceptors (Lipinski definition) is 6. The van der Waals surface area contributed by atoms with Crippen LogP contribution < -0.4 is 5.32 Å². The van der Waals surface area contributed by atoms with E-state index in [2.05, 4.69) is 15.0 Å². The van der Waals surface area contributed by atoms with Crippen molar-refractivity contribution >= 4 is 18.0 Å². The van der Waals surface area contributed by atoms with Crippen molar-refractivity contribution in [2.45, 2.75) is 25.8 Å². The van der Waals surface area contributed by atoms with Crippen LogP contribution in [0.1, 0.15) is 40.7 Å². The van der Waals surface area contributed by atoms with Crippen LogP contribution in [0.15, 0.2) is 18.2 Å². The van der Waals surface area contributed by atoms with Crippen LogP contribution in [-0.4, -0.2) is 60.7 Å². The molecular formula is C16H21N3O5. The number of carbonyl (C=O) groups is 3. The topological polar surface area (TPSA) is 97.8 Å². The molecule has 1 aromatic heterocycles. The molecule has 1 saturated heterocycles. The Bertz CT molecular complexity index is 611. The molecule has 0 aromatic carbocycles. The Kier molecular flexibility index (Phi) is 6.11. The second-order valence-electron chi connectivity index (χ2n) is 5.33. The predicted octanol–water partition coefficient (Wildman–Crippen LogP) is 1.22. The molecule has 2 amide bonds. The maximum absolute atomic E-state index is 12.3. The Balaban J connectivity index is 1.90. The van der Waals surface area contributed by atoms with Crippen molar-refractivity contribution in [3.63, 3.8) is 0 Å². The fraction of sp³-hybridized carbons (Fsp3) is 0.500. The minimum atomic E-state index is -0.590. The lowest BCUT2D eigenvalue weighted by atomic mass is 10.1. The normalized spacial score (nSPS) is 14.8. The van der Waals surface area contributed by atoms with E-state index in [4.69, 9.17) is 4.74 Å². The van der Waals surface area contributed by atoms with Gasteiger partial charge in [0.1, 0.15) is 11.4 Å². The number of pyridine rings is 1. The minimum Gasteiger partial charge on any atom is -0.464 e. The zero-order valence-electron chi connectivity index (χ0n) is 13.8. The Labute approximate surface area is 140 Å². The lowest BCUT2D eigenvalue weighted by Gasteiger charge is -2.31. The smallest absolute Gasteiger partial charge is 0.409 e. The fourth-order valence-corrected chi connectivity index (χ4v) is 2.46. The monoisotopic (exact) mass is 335 g/mol. The van der Waals surface area contributed by atoms with Gasteiger partial charge in [0.05, 0.1) is 13.7 Å². The van der Waals surface area contributed by atoms with Gasteiger partial charge in [-0.15, -0.1) is 0 Å². The number of hydrogen-bond donors (Lipinski definition) is 1. The van der Waals surface area contributed by atoms with Gasteiger partial charge >= 0.3 is 12.1 Å². The quantitative estimate of drug-likeness (QED) is 0.831. The molecule has 8 nitrogen and oxygen atoms in total. The summed E-state index contributed by atoms with van der Waals surface area (Å²) in [5, 5.41) is 2.88. The standard InChI is InChI=1S/C16H21N3O5/c1-3-24-16(22)19-9-7-11(8-10-19)17-14(20)12-5-4-6-13(18-12)15(21)23-2/h4-6,11H,3,7-10H2,1-2H3,(H,17,20). The molecule has 0 radical (unpaired) electrons. The summed E-state index contributed by atoms with van der Waals surface area (Å²) in [5.41, 5.74) is 0.244. The first-order valence-corrected chi connectivity index (χ1v) is 7.83. The Morgan fingerprint density at radius 3 is 2.54 bits per heavy atom. The van der Waals surface area contributed by atoms with Crippen molar-refractivity contribution in [3.8, 4) is 0 Å². The second kappa shape index (κ2) is 8.28. The molecule has 130 valence electrons. The van der Waals surface area contributed by atoms with Crippen LogP contribution in [-0.2, 0) is 9.47 Å². The lowest BCUT2D eigenvalue weighted by molar-refractivity contribution is 0.0594. The van der Waals surface area contributed by atoms with Crippen molar-refractivity contribution < 1.29 is 23.9 Å². The van der Waals surface area contributed by atoms with E-state index in [0.717, 1.165) is 0 Å². The van der Waals surface area contributed by atoms with Gasteiger partial charge in [-0.3, -0.25) is 4.79 Å². The lowest BCUT2D eigenvalue weighted by Crippen LogP contribution is -2.46. The van der Waals surface area contributed by atoms with E-state index in [9.17, 15) is 14.4 Å². The third-order valence-electron chi connectivity index (χ3n) is 3.73. The summed E-state index contributed by atoms with van der Waals surface area (Å²) in [4.78, 5) is 41.0. The predicted molar refractivity (Wildman–Crippen MR) is 84.7 cm³/mol. The summed E-state index contributed by atoms with van der Waals surface area (Å²) in [5.74, 6) is -0.942. The van der Waals surface area contributed by atoms with Crippen molar-refractivity contribution in [2.75, 3.05) is 26.8 Å². The highest BCUT2D eigenvalue weighted by molar-refractivity contribution is 5.94. The van der Waals surface area contributed by atoms with E-state index < -0.39 is 5.97 Å². The number of ether oxygens (including phenoxy) is 2. The highest BCUT2D eigenvalue weighted by atomic mass is 16.6. The van der Waals surface area contributed by atoms with Gasteiger partial charge < -0.3 is 19.7 Å². The Hall–Kier alpha value is -2.64. The number of esters is 1. The van der Waals surface area contributed by atoms with Crippen LogP contribution in [0.25, 0.3) is 0 Å². The molecule has 24 heavy (non-hydrogen) atoms. The Morgan fingerprint density at radius 1 is 1.25 bits per heavy atom. The SMILES string of the molecule is CCOC(=O)N1CCC(NC(=O)c2cccc(C(=O)OC)n2)CC1. The average molecular weight is 335 g/mol. The number of nitrogens with one attached hydrogen (secondary N) is 1. The summed E-state index contributed by atoms with van der Waals surface area (Å²) >= 11 is 0. The third-order valence-corrected chi connectivity index (χ3v) is 3.73. The van der Waals surface area contributed by atoms with Crippen LogP contribution in [0, 0.1) is 0 Å². The average Bonchev–Trinajstić information content (AvgIpc) is 2.62. The fourth-order valence-electron chi connectivity index (χ4n) is 2.46. The number of methoxy groups -OCH3 is 1. The van der Waals surface area contributed by atoms with Crippen LogP contribution in [0.4, 0.5) is 4.79 Å². The maximum Gasteiger partial charge on any atom is 0.409 e. The van der Waals surface area contributed by atoms with E-state index >= 15 is 0 Å². The summed E-state index contributed by atoms with van der Waals surface area (Å²) in [6.45, 7) is 3.16. The number of piperidine rings is 1. The second-order valence-corrected chi connectivity index (χ2v) is 5.33. The number of likely N-dealkylation sites (tertiary alicyclic amines) is 1. The molecule has 1 fully saturated rings. The van der Waals surface area contributed by atoms with Gasteiger partial charge in [-0.2, -0.15) is 0 Å². The molecule has 1 aliphatic rings. The summed E-state index contributed by atoms with van der Waals surface area (Å²) in [6.07, 6.45) is 0.956. The van der Waals surface area contributed by atoms with Gasteiger partial charge in [0.25, 0.3) is 5.91 Å². The van der Waals surface area contributed by atoms with Gasteiger partial charge in [-0.05, 0) is 31.9 Å². The number of amides is 2. The molecule has 2 heterocycles. The van der Waals surface area contributed by atoms with Crippen LogP contribution in [0.2, 0.25) is 0 Å². The molecule has 1 aliphatic heterocycles. The first-order chi connectivity index (χ1) is 11.5. The Morgan fingerprint density at radius 2 is 1.92 bits per heavy atom. The molecule has 0 saturated carbocycles. The first-order valence-electron chi connectivity index (χ1n) is 7.83. The van der Waals surface area contributed by atoms with E-state index in [-0.39, 0.29) is 29.4 Å². The molecule has 8 heteroatoms. The van der Waals surface area contributed by atoms with Crippen molar-refractivity contribution in [2.24, 2.45) is 0 Å². The van der Waals surface area contributed by atoms with Crippen molar-refractivity contribution in [1.29, 1.82) is 0 Å². The van der Waals surface area contributed by atoms with Gasteiger partial charge in [-0.1, -0.05) is 6.07 Å². The number of aromatic nitrogens is 1. The molecule has 0 aliphatic carbocycles. The van der Waals surface area contributed by atoms with Gasteiger partial charge in [-0.25, -0.2) is 14.6 Å². The molecule has 1 N–H and O–H groups in total. The minimum absolute atomic E-state index is 0.0493. The highest BCUT2D eigenvalue weighted by Gasteiger charge is 2.25. The summed E-state index contributed by atoms with van der Waals surface area (Å²) in [6, 6.07) is 4.56. The molecule has 0 spiro atoms. The molecule has 1 aromatic rings. The van der Waals surface area contributed by atoms with E-state index in [1.54, 1.807) is 17.9 Å². The van der Waals surface area contributed by atoms with Crippen molar-refractivity contribution in [1.82, 2.24) is 15.2 Å². The summed E-state index contributed by atoms with van der Waals surface area (Å²) < 4.78 is 9.55. The van der Waals surface area contributed by atoms with E-state index in [1.807, 2.05) is 0 Å². The number of rotatable bonds is 4. The zero-order chi connectivity index (χ0) is 17.5. The third kappa shape index (κ3) is 4.43. The molecule has 0 unspecified atom stereocenters. The van der Waals surface area contributed by atoms with Crippen molar-refractivity contribution in [3.05, 3.63) is 29.6 Å².